The highest BCUT2D eigenvalue weighted by molar-refractivity contribution is 6.01. The summed E-state index contributed by atoms with van der Waals surface area (Å²) in [5, 5.41) is 5.42. The number of nitrogen functional groups attached to an aromatic ring is 1. The molecule has 0 spiro atoms. The number of hydrogen-bond acceptors (Lipinski definition) is 6. The second-order valence-corrected chi connectivity index (χ2v) is 7.04. The van der Waals surface area contributed by atoms with E-state index in [0.29, 0.717) is 11.4 Å². The van der Waals surface area contributed by atoms with E-state index in [0.717, 1.165) is 5.56 Å². The quantitative estimate of drug-likeness (QED) is 0.712. The number of rotatable bonds is 3. The smallest absolute Gasteiger partial charge is 0.399 e. The van der Waals surface area contributed by atoms with Gasteiger partial charge in [-0.1, -0.05) is 6.07 Å². The summed E-state index contributed by atoms with van der Waals surface area (Å²) in [4.78, 5) is 33.6. The van der Waals surface area contributed by atoms with Crippen LogP contribution in [0.25, 0.3) is 0 Å². The van der Waals surface area contributed by atoms with Gasteiger partial charge in [0.15, 0.2) is 0 Å². The minimum atomic E-state index is -0.644. The fourth-order valence-electron chi connectivity index (χ4n) is 2.07. The van der Waals surface area contributed by atoms with E-state index in [1.165, 1.54) is 24.3 Å². The van der Waals surface area contributed by atoms with Crippen LogP contribution in [0.5, 0.6) is 5.88 Å². The second-order valence-electron chi connectivity index (χ2n) is 7.04. The van der Waals surface area contributed by atoms with Gasteiger partial charge in [-0.05, 0) is 45.4 Å². The van der Waals surface area contributed by atoms with E-state index in [1.54, 1.807) is 12.1 Å². The zero-order valence-corrected chi connectivity index (χ0v) is 16.0. The first-order valence-corrected chi connectivity index (χ1v) is 8.28. The molecule has 9 nitrogen and oxygen atoms in total. The molecule has 9 heteroatoms. The number of amides is 3. The summed E-state index contributed by atoms with van der Waals surface area (Å²) in [7, 11) is 1.54. The summed E-state index contributed by atoms with van der Waals surface area (Å²) in [5.41, 5.74) is 7.33. The van der Waals surface area contributed by atoms with Crippen molar-refractivity contribution in [2.45, 2.75) is 33.2 Å². The molecule has 2 rings (SSSR count). The Kier molecular flexibility index (Phi) is 5.84. The Hall–Kier alpha value is -3.36. The molecule has 1 aromatic heterocycles. The van der Waals surface area contributed by atoms with Crippen LogP contribution in [-0.2, 0) is 0 Å². The molecule has 3 amide bonds. The number of benzene rings is 1. The minimum Gasteiger partial charge on any atom is -0.399 e. The monoisotopic (exact) mass is 372 g/mol. The van der Waals surface area contributed by atoms with Gasteiger partial charge in [0.1, 0.15) is 12.1 Å². The number of nitrogens with two attached hydrogens (primary N) is 1. The summed E-state index contributed by atoms with van der Waals surface area (Å²) in [5.74, 6) is 0.296. The minimum absolute atomic E-state index is 0.0292. The number of nitrogens with zero attached hydrogens (tertiary/aromatic N) is 3. The van der Waals surface area contributed by atoms with E-state index in [2.05, 4.69) is 20.6 Å². The first kappa shape index (κ1) is 20.0. The molecule has 0 fully saturated rings. The highest BCUT2D eigenvalue weighted by Crippen LogP contribution is 2.20. The third-order valence-electron chi connectivity index (χ3n) is 3.45. The third-order valence-corrected chi connectivity index (χ3v) is 3.45. The third kappa shape index (κ3) is 5.84. The number of ether oxygens (including phenoxy) is 1. The molecule has 0 aliphatic rings. The predicted octanol–water partition coefficient (Wildman–Crippen LogP) is 2.92. The average Bonchev–Trinajstić information content (AvgIpc) is 2.56. The standard InChI is InChI=1S/C18H24N6O3/c1-11-6-7-12(19)8-13(11)22-16(25)24(5)14-9-15(21-10-20-14)27-17(26)23-18(2,3)4/h6-10H,19H2,1-5H3,(H,22,25)(H,23,26). The van der Waals surface area contributed by atoms with Gasteiger partial charge in [-0.15, -0.1) is 0 Å². The molecule has 0 saturated carbocycles. The molecule has 0 aliphatic heterocycles. The largest absolute Gasteiger partial charge is 0.414 e. The maximum Gasteiger partial charge on any atom is 0.414 e. The Morgan fingerprint density at radius 2 is 1.89 bits per heavy atom. The maximum absolute atomic E-state index is 12.5. The van der Waals surface area contributed by atoms with Crippen LogP contribution in [0.15, 0.2) is 30.6 Å². The normalized spacial score (nSPS) is 10.9. The molecule has 0 bridgehead atoms. The maximum atomic E-state index is 12.5. The number of nitrogens with one attached hydrogen (secondary N) is 2. The van der Waals surface area contributed by atoms with Crippen molar-refractivity contribution in [2.24, 2.45) is 0 Å². The lowest BCUT2D eigenvalue weighted by Gasteiger charge is -2.20. The van der Waals surface area contributed by atoms with Gasteiger partial charge in [0.2, 0.25) is 5.88 Å². The Balaban J connectivity index is 2.09. The zero-order valence-electron chi connectivity index (χ0n) is 16.0. The van der Waals surface area contributed by atoms with Crippen molar-refractivity contribution >= 4 is 29.3 Å². The molecule has 4 N–H and O–H groups in total. The number of carbonyl (C=O) groups is 2. The Morgan fingerprint density at radius 3 is 2.56 bits per heavy atom. The molecule has 1 aromatic carbocycles. The number of aryl methyl sites for hydroxylation is 1. The Bertz CT molecular complexity index is 847. The van der Waals surface area contributed by atoms with Gasteiger partial charge in [0.25, 0.3) is 0 Å². The summed E-state index contributed by atoms with van der Waals surface area (Å²) >= 11 is 0. The molecule has 2 aromatic rings. The van der Waals surface area contributed by atoms with E-state index in [4.69, 9.17) is 10.5 Å². The SMILES string of the molecule is Cc1ccc(N)cc1NC(=O)N(C)c1cc(OC(=O)NC(C)(C)C)ncn1. The van der Waals surface area contributed by atoms with E-state index >= 15 is 0 Å². The molecule has 1 heterocycles. The van der Waals surface area contributed by atoms with Crippen molar-refractivity contribution in [3.05, 3.63) is 36.2 Å². The Morgan fingerprint density at radius 1 is 1.19 bits per heavy atom. The number of hydrogen-bond donors (Lipinski definition) is 3. The Labute approximate surface area is 157 Å². The van der Waals surface area contributed by atoms with Gasteiger partial charge < -0.3 is 21.1 Å². The molecule has 0 unspecified atom stereocenters. The number of anilines is 3. The lowest BCUT2D eigenvalue weighted by molar-refractivity contribution is 0.188. The van der Waals surface area contributed by atoms with Crippen LogP contribution in [0.2, 0.25) is 0 Å². The lowest BCUT2D eigenvalue weighted by atomic mass is 10.1. The van der Waals surface area contributed by atoms with Crippen molar-refractivity contribution in [3.8, 4) is 5.88 Å². The van der Waals surface area contributed by atoms with E-state index < -0.39 is 17.7 Å². The lowest BCUT2D eigenvalue weighted by Crippen LogP contribution is -2.42. The molecular weight excluding hydrogens is 348 g/mol. The molecular formula is C18H24N6O3. The first-order valence-electron chi connectivity index (χ1n) is 8.28. The summed E-state index contributed by atoms with van der Waals surface area (Å²) < 4.78 is 5.14. The predicted molar refractivity (Wildman–Crippen MR) is 104 cm³/mol. The average molecular weight is 372 g/mol. The highest BCUT2D eigenvalue weighted by Gasteiger charge is 2.18. The van der Waals surface area contributed by atoms with Crippen LogP contribution in [0.4, 0.5) is 26.8 Å². The van der Waals surface area contributed by atoms with Crippen LogP contribution in [0.3, 0.4) is 0 Å². The molecule has 0 saturated heterocycles. The van der Waals surface area contributed by atoms with Crippen LogP contribution >= 0.6 is 0 Å². The summed E-state index contributed by atoms with van der Waals surface area (Å²) in [6.45, 7) is 7.35. The molecule has 144 valence electrons. The van der Waals surface area contributed by atoms with E-state index in [1.807, 2.05) is 33.8 Å². The molecule has 0 radical (unpaired) electrons. The second kappa shape index (κ2) is 7.90. The van der Waals surface area contributed by atoms with Gasteiger partial charge in [0.05, 0.1) is 0 Å². The number of carbonyl (C=O) groups excluding carboxylic acids is 2. The molecule has 27 heavy (non-hydrogen) atoms. The fraction of sp³-hybridized carbons (Fsp3) is 0.333. The van der Waals surface area contributed by atoms with Crippen molar-refractivity contribution in [1.82, 2.24) is 15.3 Å². The van der Waals surface area contributed by atoms with E-state index in [9.17, 15) is 9.59 Å². The fourth-order valence-corrected chi connectivity index (χ4v) is 2.07. The molecule has 0 aliphatic carbocycles. The summed E-state index contributed by atoms with van der Waals surface area (Å²) in [6, 6.07) is 6.22. The van der Waals surface area contributed by atoms with Crippen molar-refractivity contribution in [1.29, 1.82) is 0 Å². The van der Waals surface area contributed by atoms with Gasteiger partial charge in [0, 0.05) is 30.0 Å². The van der Waals surface area contributed by atoms with Gasteiger partial charge in [-0.2, -0.15) is 0 Å². The van der Waals surface area contributed by atoms with Crippen LogP contribution < -0.4 is 26.0 Å². The summed E-state index contributed by atoms with van der Waals surface area (Å²) in [6.07, 6.45) is 0.569. The van der Waals surface area contributed by atoms with Crippen molar-refractivity contribution in [3.63, 3.8) is 0 Å². The first-order chi connectivity index (χ1) is 12.5. The van der Waals surface area contributed by atoms with Gasteiger partial charge in [-0.25, -0.2) is 19.6 Å². The van der Waals surface area contributed by atoms with Crippen molar-refractivity contribution < 1.29 is 14.3 Å². The van der Waals surface area contributed by atoms with Gasteiger partial charge >= 0.3 is 12.1 Å². The van der Waals surface area contributed by atoms with Crippen LogP contribution in [-0.4, -0.2) is 34.7 Å². The zero-order chi connectivity index (χ0) is 20.2. The van der Waals surface area contributed by atoms with E-state index in [-0.39, 0.29) is 11.7 Å². The number of aromatic nitrogens is 2. The van der Waals surface area contributed by atoms with Crippen LogP contribution in [0.1, 0.15) is 26.3 Å². The van der Waals surface area contributed by atoms with Gasteiger partial charge in [-0.3, -0.25) is 4.90 Å². The van der Waals surface area contributed by atoms with Crippen LogP contribution in [0, 0.1) is 6.92 Å². The molecule has 0 atom stereocenters. The van der Waals surface area contributed by atoms with Crippen molar-refractivity contribution in [2.75, 3.05) is 23.0 Å². The number of urea groups is 1. The topological polar surface area (TPSA) is 122 Å². The highest BCUT2D eigenvalue weighted by atomic mass is 16.6.